The van der Waals surface area contributed by atoms with E-state index < -0.39 is 47.9 Å². The van der Waals surface area contributed by atoms with Gasteiger partial charge >= 0.3 is 11.9 Å². The van der Waals surface area contributed by atoms with E-state index in [0.717, 1.165) is 11.1 Å². The fourth-order valence-corrected chi connectivity index (χ4v) is 6.00. The van der Waals surface area contributed by atoms with Crippen LogP contribution in [0.5, 0.6) is 5.75 Å². The van der Waals surface area contributed by atoms with Gasteiger partial charge in [-0.2, -0.15) is 0 Å². The Morgan fingerprint density at radius 1 is 0.979 bits per heavy atom. The molecule has 0 radical (unpaired) electrons. The smallest absolute Gasteiger partial charge is 0.347 e. The number of amides is 2. The monoisotopic (exact) mass is 702 g/mol. The van der Waals surface area contributed by atoms with E-state index >= 15 is 0 Å². The van der Waals surface area contributed by atoms with Crippen LogP contribution in [0, 0.1) is 17.8 Å². The van der Waals surface area contributed by atoms with E-state index in [2.05, 4.69) is 10.6 Å². The van der Waals surface area contributed by atoms with Crippen molar-refractivity contribution >= 4 is 47.0 Å². The molecule has 10 nitrogen and oxygen atoms in total. The average Bonchev–Trinajstić information content (AvgIpc) is 3.86. The van der Waals surface area contributed by atoms with Gasteiger partial charge in [-0.05, 0) is 47.2 Å². The summed E-state index contributed by atoms with van der Waals surface area (Å²) in [6.45, 7) is 7.28. The molecule has 0 aliphatic carbocycles. The van der Waals surface area contributed by atoms with Crippen LogP contribution in [0.15, 0.2) is 54.6 Å². The second-order valence-corrected chi connectivity index (χ2v) is 13.5. The third-order valence-electron chi connectivity index (χ3n) is 8.48. The number of halogens is 2. The van der Waals surface area contributed by atoms with E-state index in [-0.39, 0.29) is 49.9 Å². The van der Waals surface area contributed by atoms with Crippen molar-refractivity contribution in [1.29, 1.82) is 0 Å². The fourth-order valence-electron chi connectivity index (χ4n) is 5.54. The summed E-state index contributed by atoms with van der Waals surface area (Å²) in [4.78, 5) is 53.1. The lowest BCUT2D eigenvalue weighted by atomic mass is 9.93. The highest BCUT2D eigenvalue weighted by molar-refractivity contribution is 6.32. The third kappa shape index (κ3) is 10.2. The van der Waals surface area contributed by atoms with Crippen molar-refractivity contribution in [2.75, 3.05) is 13.7 Å². The largest absolute Gasteiger partial charge is 0.495 e. The minimum atomic E-state index is -1.14. The molecule has 2 aliphatic heterocycles. The van der Waals surface area contributed by atoms with Crippen molar-refractivity contribution in [3.05, 3.63) is 76.3 Å². The first-order valence-corrected chi connectivity index (χ1v) is 17.1. The SMILES string of the molecule is COc1ccc(C[C@H]2NC(=O)/C=C/C[C@@H]([C@H](C)C3O[C@@H]3c3ccc(CCl)cc3)OC(=O)[C@H](CC(C)C)OC(=O)[C@H](C)CNC2=O)cc1Cl. The first-order valence-electron chi connectivity index (χ1n) is 16.2. The van der Waals surface area contributed by atoms with Crippen molar-refractivity contribution in [2.45, 2.75) is 83.3 Å². The van der Waals surface area contributed by atoms with E-state index in [9.17, 15) is 19.2 Å². The predicted octanol–water partition coefficient (Wildman–Crippen LogP) is 5.47. The summed E-state index contributed by atoms with van der Waals surface area (Å²) < 4.78 is 23.0. The van der Waals surface area contributed by atoms with Crippen LogP contribution in [-0.4, -0.2) is 61.8 Å². The number of nitrogens with one attached hydrogen (secondary N) is 2. The summed E-state index contributed by atoms with van der Waals surface area (Å²) in [7, 11) is 1.50. The Balaban J connectivity index is 1.58. The zero-order valence-electron chi connectivity index (χ0n) is 27.9. The Kier molecular flexibility index (Phi) is 13.3. The van der Waals surface area contributed by atoms with E-state index in [4.69, 9.17) is 42.1 Å². The molecule has 12 heteroatoms. The Bertz CT molecular complexity index is 1480. The number of cyclic esters (lactones) is 2. The third-order valence-corrected chi connectivity index (χ3v) is 9.08. The number of hydrogen-bond donors (Lipinski definition) is 2. The van der Waals surface area contributed by atoms with E-state index in [1.807, 2.05) is 45.0 Å². The van der Waals surface area contributed by atoms with Gasteiger partial charge in [-0.25, -0.2) is 4.79 Å². The molecular weight excluding hydrogens is 659 g/mol. The van der Waals surface area contributed by atoms with Gasteiger partial charge in [-0.1, -0.05) is 75.7 Å². The molecule has 7 atom stereocenters. The minimum absolute atomic E-state index is 0.0229. The summed E-state index contributed by atoms with van der Waals surface area (Å²) >= 11 is 12.2. The van der Waals surface area contributed by atoms with Crippen LogP contribution in [0.4, 0.5) is 0 Å². The summed E-state index contributed by atoms with van der Waals surface area (Å²) in [5, 5.41) is 5.85. The Labute approximate surface area is 291 Å². The lowest BCUT2D eigenvalue weighted by Gasteiger charge is -2.27. The maximum absolute atomic E-state index is 13.5. The van der Waals surface area contributed by atoms with Crippen molar-refractivity contribution in [2.24, 2.45) is 17.8 Å². The number of hydrogen-bond acceptors (Lipinski definition) is 8. The number of epoxide rings is 1. The Morgan fingerprint density at radius 3 is 2.33 bits per heavy atom. The van der Waals surface area contributed by atoms with Gasteiger partial charge in [0, 0.05) is 31.2 Å². The Morgan fingerprint density at radius 2 is 1.69 bits per heavy atom. The molecule has 1 fully saturated rings. The molecule has 0 saturated carbocycles. The molecule has 2 aromatic carbocycles. The summed E-state index contributed by atoms with van der Waals surface area (Å²) in [5.41, 5.74) is 2.67. The highest BCUT2D eigenvalue weighted by Gasteiger charge is 2.47. The molecule has 2 N–H and O–H groups in total. The summed E-state index contributed by atoms with van der Waals surface area (Å²) in [6.07, 6.45) is 1.23. The zero-order valence-corrected chi connectivity index (χ0v) is 29.4. The van der Waals surface area contributed by atoms with Crippen molar-refractivity contribution in [3.8, 4) is 5.75 Å². The zero-order chi connectivity index (χ0) is 35.0. The second-order valence-electron chi connectivity index (χ2n) is 12.8. The average molecular weight is 704 g/mol. The van der Waals surface area contributed by atoms with Crippen LogP contribution < -0.4 is 15.4 Å². The number of carbonyl (C=O) groups excluding carboxylic acids is 4. The summed E-state index contributed by atoms with van der Waals surface area (Å²) in [5.74, 6) is -2.46. The van der Waals surface area contributed by atoms with Gasteiger partial charge in [-0.3, -0.25) is 14.4 Å². The minimum Gasteiger partial charge on any atom is -0.495 e. The van der Waals surface area contributed by atoms with Crippen molar-refractivity contribution in [3.63, 3.8) is 0 Å². The highest BCUT2D eigenvalue weighted by atomic mass is 35.5. The van der Waals surface area contributed by atoms with Gasteiger partial charge in [0.2, 0.25) is 11.8 Å². The number of benzene rings is 2. The first-order chi connectivity index (χ1) is 22.9. The molecule has 260 valence electrons. The quantitative estimate of drug-likeness (QED) is 0.200. The number of ether oxygens (including phenoxy) is 4. The molecule has 48 heavy (non-hydrogen) atoms. The van der Waals surface area contributed by atoms with E-state index in [0.29, 0.717) is 22.2 Å². The van der Waals surface area contributed by atoms with E-state index in [1.54, 1.807) is 31.2 Å². The van der Waals surface area contributed by atoms with Gasteiger partial charge in [-0.15, -0.1) is 11.6 Å². The van der Waals surface area contributed by atoms with Crippen LogP contribution >= 0.6 is 23.2 Å². The first kappa shape index (κ1) is 37.2. The van der Waals surface area contributed by atoms with Crippen LogP contribution in [-0.2, 0) is 45.7 Å². The lowest BCUT2D eigenvalue weighted by Crippen LogP contribution is -2.49. The van der Waals surface area contributed by atoms with Crippen LogP contribution in [0.1, 0.15) is 63.3 Å². The molecule has 2 aromatic rings. The molecule has 0 spiro atoms. The molecular formula is C36H44Cl2N2O8. The molecule has 0 aromatic heterocycles. The van der Waals surface area contributed by atoms with Crippen molar-refractivity contribution < 1.29 is 38.1 Å². The molecule has 1 unspecified atom stereocenters. The van der Waals surface area contributed by atoms with Crippen LogP contribution in [0.3, 0.4) is 0 Å². The number of esters is 2. The van der Waals surface area contributed by atoms with Gasteiger partial charge in [0.05, 0.1) is 24.2 Å². The normalized spacial score (nSPS) is 26.9. The number of methoxy groups -OCH3 is 1. The molecule has 0 bridgehead atoms. The summed E-state index contributed by atoms with van der Waals surface area (Å²) in [6, 6.07) is 12.0. The lowest BCUT2D eigenvalue weighted by molar-refractivity contribution is -0.176. The van der Waals surface area contributed by atoms with Gasteiger partial charge in [0.15, 0.2) is 6.10 Å². The maximum atomic E-state index is 13.5. The molecule has 2 heterocycles. The molecule has 2 amide bonds. The number of alkyl halides is 1. The van der Waals surface area contributed by atoms with Gasteiger partial charge in [0.1, 0.15) is 24.0 Å². The van der Waals surface area contributed by atoms with Crippen LogP contribution in [0.2, 0.25) is 5.02 Å². The molecule has 2 aliphatic rings. The molecule has 1 saturated heterocycles. The van der Waals surface area contributed by atoms with Gasteiger partial charge in [0.25, 0.3) is 0 Å². The maximum Gasteiger partial charge on any atom is 0.347 e. The number of carbonyl (C=O) groups is 4. The Hall–Kier alpha value is -3.60. The van der Waals surface area contributed by atoms with Gasteiger partial charge < -0.3 is 29.6 Å². The van der Waals surface area contributed by atoms with Crippen LogP contribution in [0.25, 0.3) is 0 Å². The van der Waals surface area contributed by atoms with E-state index in [1.165, 1.54) is 13.2 Å². The fraction of sp³-hybridized carbons (Fsp3) is 0.500. The second kappa shape index (κ2) is 17.2. The van der Waals surface area contributed by atoms with Crippen molar-refractivity contribution in [1.82, 2.24) is 10.6 Å². The topological polar surface area (TPSA) is 133 Å². The standard InChI is InChI=1S/C36H44Cl2N2O8/c1-20(2)15-30-36(44)46-28(22(4)32-33(48-32)25-12-9-23(18-37)10-13-25)7-6-8-31(41)40-27(34(42)39-19-21(3)35(43)47-30)17-24-11-14-29(45-5)26(38)16-24/h6,8-14,16,20-22,27-28,30,32-33H,7,15,17-19H2,1-5H3,(H,39,42)(H,40,41)/b8-6+/t21-,22+,27-,28+,30+,32?,33-/m1/s1. The number of rotatable bonds is 9. The predicted molar refractivity (Wildman–Crippen MR) is 182 cm³/mol. The highest BCUT2D eigenvalue weighted by Crippen LogP contribution is 2.45. The molecule has 4 rings (SSSR count).